The molecule has 1 aromatic carbocycles. The molecule has 3 rings (SSSR count). The molecule has 0 aliphatic heterocycles. The minimum Gasteiger partial charge on any atom is -0.493 e. The molecular weight excluding hydrogens is 248 g/mol. The maximum Gasteiger partial charge on any atom is 0.119 e. The highest BCUT2D eigenvalue weighted by Gasteiger charge is 2.24. The molecule has 1 fully saturated rings. The van der Waals surface area contributed by atoms with Crippen LogP contribution >= 0.6 is 0 Å². The van der Waals surface area contributed by atoms with Crippen LogP contribution in [0.2, 0.25) is 0 Å². The van der Waals surface area contributed by atoms with Crippen molar-refractivity contribution < 1.29 is 4.74 Å². The number of hydrogen-bond acceptors (Lipinski definition) is 3. The summed E-state index contributed by atoms with van der Waals surface area (Å²) in [4.78, 5) is 0. The van der Waals surface area contributed by atoms with Crippen LogP contribution in [0.3, 0.4) is 0 Å². The number of aryl methyl sites for hydroxylation is 2. The quantitative estimate of drug-likeness (QED) is 0.864. The molecule has 0 bridgehead atoms. The lowest BCUT2D eigenvalue weighted by Crippen LogP contribution is -2.31. The van der Waals surface area contributed by atoms with Crippen LogP contribution in [-0.4, -0.2) is 18.7 Å². The van der Waals surface area contributed by atoms with Crippen molar-refractivity contribution in [1.29, 1.82) is 5.26 Å². The fourth-order valence-corrected chi connectivity index (χ4v) is 2.81. The van der Waals surface area contributed by atoms with Crippen molar-refractivity contribution >= 4 is 0 Å². The molecule has 0 radical (unpaired) electrons. The number of rotatable bonds is 6. The largest absolute Gasteiger partial charge is 0.493 e. The van der Waals surface area contributed by atoms with Gasteiger partial charge in [-0.3, -0.25) is 5.32 Å². The molecule has 1 N–H and O–H groups in total. The first-order valence-electron chi connectivity index (χ1n) is 7.75. The van der Waals surface area contributed by atoms with Crippen LogP contribution in [0.5, 0.6) is 5.75 Å². The van der Waals surface area contributed by atoms with Crippen molar-refractivity contribution in [2.45, 2.75) is 57.0 Å². The molecule has 20 heavy (non-hydrogen) atoms. The first-order chi connectivity index (χ1) is 9.85. The number of fused-ring (bicyclic) bond motifs is 1. The molecule has 0 spiro atoms. The van der Waals surface area contributed by atoms with E-state index in [1.807, 2.05) is 0 Å². The highest BCUT2D eigenvalue weighted by Crippen LogP contribution is 2.25. The molecule has 0 saturated heterocycles. The van der Waals surface area contributed by atoms with Crippen LogP contribution in [0, 0.1) is 11.3 Å². The minimum atomic E-state index is -0.0693. The zero-order chi connectivity index (χ0) is 13.8. The molecule has 3 nitrogen and oxygen atoms in total. The van der Waals surface area contributed by atoms with E-state index in [9.17, 15) is 0 Å². The second kappa shape index (κ2) is 6.28. The molecule has 1 unspecified atom stereocenters. The monoisotopic (exact) mass is 270 g/mol. The highest BCUT2D eigenvalue weighted by molar-refractivity contribution is 5.37. The summed E-state index contributed by atoms with van der Waals surface area (Å²) in [6.45, 7) is 0.608. The normalized spacial score (nSPS) is 18.9. The second-order valence-electron chi connectivity index (χ2n) is 5.90. The Morgan fingerprint density at radius 3 is 2.80 bits per heavy atom. The lowest BCUT2D eigenvalue weighted by atomic mass is 9.92. The van der Waals surface area contributed by atoms with Gasteiger partial charge in [0.25, 0.3) is 0 Å². The van der Waals surface area contributed by atoms with Gasteiger partial charge in [-0.15, -0.1) is 0 Å². The summed E-state index contributed by atoms with van der Waals surface area (Å²) in [6, 6.07) is 9.28. The molecule has 106 valence electrons. The van der Waals surface area contributed by atoms with Crippen molar-refractivity contribution in [1.82, 2.24) is 5.32 Å². The van der Waals surface area contributed by atoms with Crippen molar-refractivity contribution in [2.75, 3.05) is 6.61 Å². The molecule has 2 aliphatic rings. The number of benzene rings is 1. The van der Waals surface area contributed by atoms with Crippen molar-refractivity contribution in [3.05, 3.63) is 29.3 Å². The van der Waals surface area contributed by atoms with E-state index in [-0.39, 0.29) is 6.04 Å². The fraction of sp³-hybridized carbons (Fsp3) is 0.588. The van der Waals surface area contributed by atoms with E-state index in [1.54, 1.807) is 0 Å². The number of ether oxygens (including phenoxy) is 1. The summed E-state index contributed by atoms with van der Waals surface area (Å²) in [5.74, 6) is 0.953. The van der Waals surface area contributed by atoms with Crippen LogP contribution in [-0.2, 0) is 12.8 Å². The average molecular weight is 270 g/mol. The molecule has 0 heterocycles. The Morgan fingerprint density at radius 1 is 1.25 bits per heavy atom. The summed E-state index contributed by atoms with van der Waals surface area (Å²) in [5.41, 5.74) is 2.93. The van der Waals surface area contributed by atoms with Crippen LogP contribution in [0.1, 0.15) is 43.2 Å². The Labute approximate surface area is 120 Å². The molecule has 2 aliphatic carbocycles. The van der Waals surface area contributed by atoms with Gasteiger partial charge < -0.3 is 4.74 Å². The third-order valence-electron chi connectivity index (χ3n) is 4.17. The Kier molecular flexibility index (Phi) is 4.22. The summed E-state index contributed by atoms with van der Waals surface area (Å²) >= 11 is 0. The van der Waals surface area contributed by atoms with Gasteiger partial charge in [-0.05, 0) is 61.8 Å². The van der Waals surface area contributed by atoms with E-state index in [0.29, 0.717) is 12.6 Å². The van der Waals surface area contributed by atoms with Gasteiger partial charge in [0.15, 0.2) is 0 Å². The third kappa shape index (κ3) is 3.52. The Hall–Kier alpha value is -1.53. The van der Waals surface area contributed by atoms with Crippen molar-refractivity contribution in [3.8, 4) is 11.8 Å². The number of nitrogens with zero attached hydrogens (tertiary/aromatic N) is 1. The number of hydrogen-bond donors (Lipinski definition) is 1. The molecule has 3 heteroatoms. The predicted molar refractivity (Wildman–Crippen MR) is 78.8 cm³/mol. The predicted octanol–water partition coefficient (Wildman–Crippen LogP) is 2.98. The van der Waals surface area contributed by atoms with E-state index in [2.05, 4.69) is 29.6 Å². The summed E-state index contributed by atoms with van der Waals surface area (Å²) in [5, 5.41) is 12.4. The van der Waals surface area contributed by atoms with Crippen LogP contribution < -0.4 is 10.1 Å². The number of nitriles is 1. The van der Waals surface area contributed by atoms with Gasteiger partial charge in [-0.25, -0.2) is 0 Å². The zero-order valence-corrected chi connectivity index (χ0v) is 11.9. The van der Waals surface area contributed by atoms with E-state index in [1.165, 1.54) is 49.7 Å². The first kappa shape index (κ1) is 13.5. The van der Waals surface area contributed by atoms with Crippen LogP contribution in [0.15, 0.2) is 18.2 Å². The molecule has 1 saturated carbocycles. The van der Waals surface area contributed by atoms with E-state index < -0.39 is 0 Å². The van der Waals surface area contributed by atoms with Crippen molar-refractivity contribution in [3.63, 3.8) is 0 Å². The fourth-order valence-electron chi connectivity index (χ4n) is 2.81. The average Bonchev–Trinajstić information content (AvgIpc) is 3.30. The van der Waals surface area contributed by atoms with Gasteiger partial charge in [0.1, 0.15) is 5.75 Å². The molecule has 1 atom stereocenters. The van der Waals surface area contributed by atoms with Gasteiger partial charge in [-0.1, -0.05) is 6.07 Å². The number of nitrogens with one attached hydrogen (secondary N) is 1. The standard InChI is InChI=1S/C17H22N2O/c18-12-16(19-15-6-7-15)9-10-20-17-8-5-13-3-1-2-4-14(13)11-17/h5,8,11,15-16,19H,1-4,6-7,9-10H2. The van der Waals surface area contributed by atoms with Gasteiger partial charge in [-0.2, -0.15) is 5.26 Å². The summed E-state index contributed by atoms with van der Waals surface area (Å²) < 4.78 is 5.82. The Bertz CT molecular complexity index is 502. The van der Waals surface area contributed by atoms with Gasteiger partial charge in [0.2, 0.25) is 0 Å². The smallest absolute Gasteiger partial charge is 0.119 e. The molecule has 0 aromatic heterocycles. The van der Waals surface area contributed by atoms with Crippen LogP contribution in [0.4, 0.5) is 0 Å². The van der Waals surface area contributed by atoms with E-state index in [4.69, 9.17) is 10.00 Å². The second-order valence-corrected chi connectivity index (χ2v) is 5.90. The lowest BCUT2D eigenvalue weighted by Gasteiger charge is -2.17. The third-order valence-corrected chi connectivity index (χ3v) is 4.17. The Balaban J connectivity index is 1.49. The SMILES string of the molecule is N#CC(CCOc1ccc2c(c1)CCCC2)NC1CC1. The first-order valence-corrected chi connectivity index (χ1v) is 7.75. The molecule has 1 aromatic rings. The maximum absolute atomic E-state index is 9.09. The lowest BCUT2D eigenvalue weighted by molar-refractivity contribution is 0.297. The minimum absolute atomic E-state index is 0.0693. The van der Waals surface area contributed by atoms with Gasteiger partial charge >= 0.3 is 0 Å². The van der Waals surface area contributed by atoms with Crippen molar-refractivity contribution in [2.24, 2.45) is 0 Å². The highest BCUT2D eigenvalue weighted by atomic mass is 16.5. The van der Waals surface area contributed by atoms with Gasteiger partial charge in [0.05, 0.1) is 18.7 Å². The zero-order valence-electron chi connectivity index (χ0n) is 11.9. The molecular formula is C17H22N2O. The summed E-state index contributed by atoms with van der Waals surface area (Å²) in [6.07, 6.45) is 8.16. The van der Waals surface area contributed by atoms with Crippen LogP contribution in [0.25, 0.3) is 0 Å². The molecule has 0 amide bonds. The topological polar surface area (TPSA) is 45.0 Å². The van der Waals surface area contributed by atoms with E-state index in [0.717, 1.165) is 12.2 Å². The maximum atomic E-state index is 9.09. The van der Waals surface area contributed by atoms with Gasteiger partial charge in [0, 0.05) is 12.5 Å². The summed E-state index contributed by atoms with van der Waals surface area (Å²) in [7, 11) is 0. The van der Waals surface area contributed by atoms with E-state index >= 15 is 0 Å². The Morgan fingerprint density at radius 2 is 2.05 bits per heavy atom.